The molecule has 0 amide bonds. The van der Waals surface area contributed by atoms with Gasteiger partial charge in [0.2, 0.25) is 0 Å². The van der Waals surface area contributed by atoms with E-state index in [-0.39, 0.29) is 18.6 Å². The van der Waals surface area contributed by atoms with Gasteiger partial charge in [-0.05, 0) is 26.3 Å². The highest BCUT2D eigenvalue weighted by Crippen LogP contribution is 1.96. The van der Waals surface area contributed by atoms with Crippen molar-refractivity contribution in [3.63, 3.8) is 0 Å². The zero-order valence-corrected chi connectivity index (χ0v) is 8.15. The number of carbonyl (C=O) groups is 1. The Labute approximate surface area is 77.5 Å². The summed E-state index contributed by atoms with van der Waals surface area (Å²) in [6.07, 6.45) is 3.45. The summed E-state index contributed by atoms with van der Waals surface area (Å²) in [7, 11) is 0. The van der Waals surface area contributed by atoms with Crippen LogP contribution < -0.4 is 0 Å². The Morgan fingerprint density at radius 3 is 2.85 bits per heavy atom. The van der Waals surface area contributed by atoms with Crippen LogP contribution in [0.15, 0.2) is 12.4 Å². The largest absolute Gasteiger partial charge is 0.462 e. The molecule has 0 aliphatic carbocycles. The maximum Gasteiger partial charge on any atom is 0.328 e. The standard InChI is InChI=1S/C9H14N2O2/c1-7(2)13-9(12)6-11-5-8(3)4-10-11/h4-5,7H,6H2,1-3H3. The zero-order chi connectivity index (χ0) is 9.84. The predicted octanol–water partition coefficient (Wildman–Crippen LogP) is 1.14. The van der Waals surface area contributed by atoms with Gasteiger partial charge in [-0.1, -0.05) is 0 Å². The number of esters is 1. The average molecular weight is 182 g/mol. The number of nitrogens with zero attached hydrogens (tertiary/aromatic N) is 2. The van der Waals surface area contributed by atoms with Gasteiger partial charge in [0.25, 0.3) is 0 Å². The van der Waals surface area contributed by atoms with Crippen LogP contribution in [-0.4, -0.2) is 21.9 Å². The fourth-order valence-electron chi connectivity index (χ4n) is 0.986. The topological polar surface area (TPSA) is 44.1 Å². The van der Waals surface area contributed by atoms with Gasteiger partial charge in [0.05, 0.1) is 12.3 Å². The Morgan fingerprint density at radius 1 is 1.69 bits per heavy atom. The third-order valence-electron chi connectivity index (χ3n) is 1.42. The van der Waals surface area contributed by atoms with Gasteiger partial charge in [-0.3, -0.25) is 9.48 Å². The molecule has 0 bridgehead atoms. The van der Waals surface area contributed by atoms with Gasteiger partial charge in [-0.25, -0.2) is 0 Å². The Balaban J connectivity index is 2.45. The molecule has 4 nitrogen and oxygen atoms in total. The Bertz CT molecular complexity index is 292. The van der Waals surface area contributed by atoms with Crippen LogP contribution in [0.2, 0.25) is 0 Å². The highest BCUT2D eigenvalue weighted by atomic mass is 16.5. The van der Waals surface area contributed by atoms with E-state index >= 15 is 0 Å². The van der Waals surface area contributed by atoms with Crippen molar-refractivity contribution >= 4 is 5.97 Å². The summed E-state index contributed by atoms with van der Waals surface area (Å²) in [6.45, 7) is 5.77. The van der Waals surface area contributed by atoms with Crippen LogP contribution in [-0.2, 0) is 16.1 Å². The molecule has 4 heteroatoms. The van der Waals surface area contributed by atoms with Crippen molar-refractivity contribution in [2.24, 2.45) is 0 Å². The third-order valence-corrected chi connectivity index (χ3v) is 1.42. The van der Waals surface area contributed by atoms with Crippen LogP contribution in [0.3, 0.4) is 0 Å². The van der Waals surface area contributed by atoms with Crippen molar-refractivity contribution in [2.75, 3.05) is 0 Å². The molecule has 72 valence electrons. The van der Waals surface area contributed by atoms with E-state index in [9.17, 15) is 4.79 Å². The molecule has 0 aliphatic heterocycles. The summed E-state index contributed by atoms with van der Waals surface area (Å²) >= 11 is 0. The quantitative estimate of drug-likeness (QED) is 0.658. The highest BCUT2D eigenvalue weighted by Gasteiger charge is 2.06. The minimum Gasteiger partial charge on any atom is -0.462 e. The minimum atomic E-state index is -0.252. The molecule has 0 N–H and O–H groups in total. The first-order valence-corrected chi connectivity index (χ1v) is 4.26. The molecule has 1 aromatic rings. The van der Waals surface area contributed by atoms with E-state index in [2.05, 4.69) is 5.10 Å². The average Bonchev–Trinajstić information content (AvgIpc) is 2.33. The lowest BCUT2D eigenvalue weighted by Crippen LogP contribution is -2.17. The van der Waals surface area contributed by atoms with Crippen LogP contribution in [0.4, 0.5) is 0 Å². The maximum atomic E-state index is 11.1. The molecule has 0 spiro atoms. The van der Waals surface area contributed by atoms with E-state index in [0.717, 1.165) is 5.56 Å². The monoisotopic (exact) mass is 182 g/mol. The number of ether oxygens (including phenoxy) is 1. The van der Waals surface area contributed by atoms with E-state index < -0.39 is 0 Å². The van der Waals surface area contributed by atoms with Crippen LogP contribution >= 0.6 is 0 Å². The van der Waals surface area contributed by atoms with Crippen LogP contribution in [0.5, 0.6) is 0 Å². The van der Waals surface area contributed by atoms with Gasteiger partial charge < -0.3 is 4.74 Å². The molecule has 0 aromatic carbocycles. The predicted molar refractivity (Wildman–Crippen MR) is 48.2 cm³/mol. The molecule has 0 fully saturated rings. The minimum absolute atomic E-state index is 0.0656. The summed E-state index contributed by atoms with van der Waals surface area (Å²) in [6, 6.07) is 0. The number of rotatable bonds is 3. The van der Waals surface area contributed by atoms with E-state index in [1.807, 2.05) is 27.0 Å². The normalized spacial score (nSPS) is 10.5. The van der Waals surface area contributed by atoms with Crippen molar-refractivity contribution in [1.29, 1.82) is 0 Å². The van der Waals surface area contributed by atoms with Gasteiger partial charge in [-0.2, -0.15) is 5.10 Å². The second-order valence-electron chi connectivity index (χ2n) is 3.25. The molecular formula is C9H14N2O2. The van der Waals surface area contributed by atoms with Crippen molar-refractivity contribution in [3.05, 3.63) is 18.0 Å². The van der Waals surface area contributed by atoms with Crippen molar-refractivity contribution < 1.29 is 9.53 Å². The first-order chi connectivity index (χ1) is 6.08. The van der Waals surface area contributed by atoms with Crippen LogP contribution in [0, 0.1) is 6.92 Å². The van der Waals surface area contributed by atoms with Gasteiger partial charge in [0.1, 0.15) is 6.54 Å². The third kappa shape index (κ3) is 3.27. The second kappa shape index (κ2) is 4.07. The molecular weight excluding hydrogens is 168 g/mol. The van der Waals surface area contributed by atoms with Crippen molar-refractivity contribution in [3.8, 4) is 0 Å². The lowest BCUT2D eigenvalue weighted by atomic mass is 10.4. The lowest BCUT2D eigenvalue weighted by molar-refractivity contribution is -0.148. The number of hydrogen-bond acceptors (Lipinski definition) is 3. The Morgan fingerprint density at radius 2 is 2.38 bits per heavy atom. The van der Waals surface area contributed by atoms with Crippen LogP contribution in [0.1, 0.15) is 19.4 Å². The fourth-order valence-corrected chi connectivity index (χ4v) is 0.986. The number of carbonyl (C=O) groups excluding carboxylic acids is 1. The van der Waals surface area contributed by atoms with Gasteiger partial charge in [-0.15, -0.1) is 0 Å². The first kappa shape index (κ1) is 9.77. The first-order valence-electron chi connectivity index (χ1n) is 4.26. The molecule has 1 aromatic heterocycles. The second-order valence-corrected chi connectivity index (χ2v) is 3.25. The summed E-state index contributed by atoms with van der Waals surface area (Å²) in [5, 5.41) is 3.98. The summed E-state index contributed by atoms with van der Waals surface area (Å²) < 4.78 is 6.53. The summed E-state index contributed by atoms with van der Waals surface area (Å²) in [5.41, 5.74) is 1.04. The molecule has 1 rings (SSSR count). The van der Waals surface area contributed by atoms with E-state index in [1.54, 1.807) is 10.9 Å². The van der Waals surface area contributed by atoms with E-state index in [4.69, 9.17) is 4.74 Å². The zero-order valence-electron chi connectivity index (χ0n) is 8.15. The van der Waals surface area contributed by atoms with Crippen LogP contribution in [0.25, 0.3) is 0 Å². The number of aromatic nitrogens is 2. The highest BCUT2D eigenvalue weighted by molar-refractivity contribution is 5.69. The summed E-state index contributed by atoms with van der Waals surface area (Å²) in [5.74, 6) is -0.252. The SMILES string of the molecule is Cc1cnn(CC(=O)OC(C)C)c1. The molecule has 0 radical (unpaired) electrons. The van der Waals surface area contributed by atoms with E-state index in [1.165, 1.54) is 0 Å². The fraction of sp³-hybridized carbons (Fsp3) is 0.556. The number of aryl methyl sites for hydroxylation is 1. The Kier molecular flexibility index (Phi) is 3.06. The Hall–Kier alpha value is -1.32. The summed E-state index contributed by atoms with van der Waals surface area (Å²) in [4.78, 5) is 11.1. The van der Waals surface area contributed by atoms with Gasteiger partial charge >= 0.3 is 5.97 Å². The van der Waals surface area contributed by atoms with Crippen molar-refractivity contribution in [1.82, 2.24) is 9.78 Å². The molecule has 0 aliphatic rings. The van der Waals surface area contributed by atoms with Gasteiger partial charge in [0.15, 0.2) is 0 Å². The molecule has 0 atom stereocenters. The van der Waals surface area contributed by atoms with E-state index in [0.29, 0.717) is 0 Å². The maximum absolute atomic E-state index is 11.1. The number of hydrogen-bond donors (Lipinski definition) is 0. The van der Waals surface area contributed by atoms with Gasteiger partial charge in [0, 0.05) is 6.20 Å². The molecule has 0 saturated carbocycles. The molecule has 1 heterocycles. The van der Waals surface area contributed by atoms with Crippen molar-refractivity contribution in [2.45, 2.75) is 33.4 Å². The lowest BCUT2D eigenvalue weighted by Gasteiger charge is -2.07. The molecule has 0 saturated heterocycles. The molecule has 0 unspecified atom stereocenters. The smallest absolute Gasteiger partial charge is 0.328 e. The molecule has 13 heavy (non-hydrogen) atoms.